The van der Waals surface area contributed by atoms with Crippen molar-refractivity contribution in [1.29, 1.82) is 0 Å². The summed E-state index contributed by atoms with van der Waals surface area (Å²) in [6, 6.07) is 8.05. The minimum atomic E-state index is -0.833. The van der Waals surface area contributed by atoms with Crippen molar-refractivity contribution in [2.45, 2.75) is 6.92 Å². The lowest BCUT2D eigenvalue weighted by molar-refractivity contribution is -0.134. The van der Waals surface area contributed by atoms with Crippen LogP contribution in [0.2, 0.25) is 0 Å². The molecule has 13 heavy (non-hydrogen) atoms. The molecule has 2 aliphatic rings. The minimum absolute atomic E-state index is 0.833. The van der Waals surface area contributed by atoms with Crippen LogP contribution >= 0.6 is 0 Å². The Balaban J connectivity index is 0.000000184. The maximum absolute atomic E-state index is 9.00. The SMILES string of the molecule is CC(=O)O.c1cc2ccocc-2c1. The fraction of sp³-hybridized carbons (Fsp3) is 0.100. The summed E-state index contributed by atoms with van der Waals surface area (Å²) >= 11 is 0. The molecule has 3 nitrogen and oxygen atoms in total. The van der Waals surface area contributed by atoms with Crippen molar-refractivity contribution in [3.63, 3.8) is 0 Å². The Hall–Kier alpha value is -1.77. The van der Waals surface area contributed by atoms with Crippen LogP contribution in [0.3, 0.4) is 0 Å². The lowest BCUT2D eigenvalue weighted by atomic mass is 10.2. The van der Waals surface area contributed by atoms with Crippen LogP contribution in [0, 0.1) is 0 Å². The maximum atomic E-state index is 9.00. The lowest BCUT2D eigenvalue weighted by Gasteiger charge is -1.91. The first-order valence-electron chi connectivity index (χ1n) is 3.80. The van der Waals surface area contributed by atoms with Gasteiger partial charge in [0, 0.05) is 12.5 Å². The Morgan fingerprint density at radius 1 is 1.31 bits per heavy atom. The molecule has 1 aliphatic heterocycles. The van der Waals surface area contributed by atoms with Gasteiger partial charge in [0.1, 0.15) is 0 Å². The van der Waals surface area contributed by atoms with Gasteiger partial charge in [-0.05, 0) is 11.6 Å². The zero-order chi connectivity index (χ0) is 9.68. The monoisotopic (exact) mass is 178 g/mol. The second-order valence-corrected chi connectivity index (χ2v) is 2.51. The topological polar surface area (TPSA) is 50.4 Å². The third kappa shape index (κ3) is 2.99. The molecular formula is C10H10O3. The van der Waals surface area contributed by atoms with Crippen molar-refractivity contribution in [1.82, 2.24) is 0 Å². The van der Waals surface area contributed by atoms with E-state index in [2.05, 4.69) is 6.07 Å². The minimum Gasteiger partial charge on any atom is -0.481 e. The van der Waals surface area contributed by atoms with Gasteiger partial charge >= 0.3 is 0 Å². The molecule has 1 aliphatic carbocycles. The van der Waals surface area contributed by atoms with Crippen molar-refractivity contribution in [3.8, 4) is 11.1 Å². The van der Waals surface area contributed by atoms with Gasteiger partial charge in [-0.15, -0.1) is 0 Å². The van der Waals surface area contributed by atoms with E-state index in [9.17, 15) is 0 Å². The number of aliphatic carboxylic acids is 1. The number of fused-ring (bicyclic) bond motifs is 1. The molecule has 0 unspecified atom stereocenters. The predicted molar refractivity (Wildman–Crippen MR) is 48.6 cm³/mol. The van der Waals surface area contributed by atoms with Crippen LogP contribution in [0.15, 0.2) is 41.2 Å². The highest BCUT2D eigenvalue weighted by Crippen LogP contribution is 2.20. The van der Waals surface area contributed by atoms with E-state index in [1.165, 1.54) is 5.56 Å². The Morgan fingerprint density at radius 2 is 1.92 bits per heavy atom. The molecule has 0 aromatic heterocycles. The van der Waals surface area contributed by atoms with E-state index in [1.54, 1.807) is 12.5 Å². The van der Waals surface area contributed by atoms with E-state index < -0.39 is 5.97 Å². The Bertz CT molecular complexity index is 320. The van der Waals surface area contributed by atoms with Crippen LogP contribution < -0.4 is 0 Å². The smallest absolute Gasteiger partial charge is 0.300 e. The normalized spacial score (nSPS) is 9.00. The average molecular weight is 178 g/mol. The lowest BCUT2D eigenvalue weighted by Crippen LogP contribution is -1.78. The predicted octanol–water partition coefficient (Wildman–Crippen LogP) is 2.48. The molecule has 0 atom stereocenters. The van der Waals surface area contributed by atoms with E-state index in [0.29, 0.717) is 0 Å². The molecule has 1 heterocycles. The zero-order valence-electron chi connectivity index (χ0n) is 7.23. The number of carboxylic acids is 1. The molecule has 0 fully saturated rings. The molecule has 1 N–H and O–H groups in total. The molecule has 3 heteroatoms. The molecule has 0 spiro atoms. The first-order chi connectivity index (χ1) is 6.20. The van der Waals surface area contributed by atoms with Crippen LogP contribution in [-0.2, 0) is 4.79 Å². The maximum Gasteiger partial charge on any atom is 0.300 e. The second-order valence-electron chi connectivity index (χ2n) is 2.51. The van der Waals surface area contributed by atoms with Gasteiger partial charge in [0.2, 0.25) is 0 Å². The summed E-state index contributed by atoms with van der Waals surface area (Å²) in [6.07, 6.45) is 3.43. The van der Waals surface area contributed by atoms with E-state index in [-0.39, 0.29) is 0 Å². The van der Waals surface area contributed by atoms with Gasteiger partial charge in [0.25, 0.3) is 5.97 Å². The molecule has 0 radical (unpaired) electrons. The average Bonchev–Trinajstić information content (AvgIpc) is 2.49. The van der Waals surface area contributed by atoms with Crippen LogP contribution in [0.25, 0.3) is 11.1 Å². The summed E-state index contributed by atoms with van der Waals surface area (Å²) in [5.41, 5.74) is 2.40. The molecule has 0 aromatic carbocycles. The van der Waals surface area contributed by atoms with E-state index in [4.69, 9.17) is 14.3 Å². The van der Waals surface area contributed by atoms with Crippen LogP contribution in [0.5, 0.6) is 0 Å². The van der Waals surface area contributed by atoms with Gasteiger partial charge in [-0.3, -0.25) is 4.79 Å². The fourth-order valence-corrected chi connectivity index (χ4v) is 0.932. The molecule has 2 rings (SSSR count). The van der Waals surface area contributed by atoms with Crippen molar-refractivity contribution >= 4 is 5.97 Å². The van der Waals surface area contributed by atoms with E-state index >= 15 is 0 Å². The molecule has 0 bridgehead atoms. The summed E-state index contributed by atoms with van der Waals surface area (Å²) in [7, 11) is 0. The summed E-state index contributed by atoms with van der Waals surface area (Å²) in [4.78, 5) is 9.00. The van der Waals surface area contributed by atoms with Gasteiger partial charge in [-0.1, -0.05) is 18.2 Å². The summed E-state index contributed by atoms with van der Waals surface area (Å²) in [5, 5.41) is 7.42. The zero-order valence-corrected chi connectivity index (χ0v) is 7.23. The van der Waals surface area contributed by atoms with Gasteiger partial charge < -0.3 is 9.52 Å². The van der Waals surface area contributed by atoms with Crippen LogP contribution in [0.4, 0.5) is 0 Å². The fourth-order valence-electron chi connectivity index (χ4n) is 0.932. The van der Waals surface area contributed by atoms with Gasteiger partial charge in [-0.2, -0.15) is 0 Å². The molecule has 68 valence electrons. The number of hydrogen-bond donors (Lipinski definition) is 1. The molecule has 0 saturated heterocycles. The van der Waals surface area contributed by atoms with E-state index in [1.807, 2.05) is 18.2 Å². The highest BCUT2D eigenvalue weighted by Gasteiger charge is 1.97. The van der Waals surface area contributed by atoms with Gasteiger partial charge in [0.15, 0.2) is 0 Å². The van der Waals surface area contributed by atoms with Crippen molar-refractivity contribution in [3.05, 3.63) is 36.8 Å². The first-order valence-corrected chi connectivity index (χ1v) is 3.80. The number of carboxylic acid groups (broad SMARTS) is 1. The van der Waals surface area contributed by atoms with Gasteiger partial charge in [0.05, 0.1) is 12.5 Å². The Morgan fingerprint density at radius 3 is 2.54 bits per heavy atom. The third-order valence-electron chi connectivity index (χ3n) is 1.41. The first kappa shape index (κ1) is 9.32. The van der Waals surface area contributed by atoms with Crippen molar-refractivity contribution in [2.75, 3.05) is 0 Å². The standard InChI is InChI=1S/C8H6O.C2H4O2/c1-2-7-4-5-9-6-8(7)3-1;1-2(3)4/h1-6H;1H3,(H,3,4). The molecule has 0 saturated carbocycles. The Kier molecular flexibility index (Phi) is 3.09. The quantitative estimate of drug-likeness (QED) is 0.674. The summed E-state index contributed by atoms with van der Waals surface area (Å²) in [6.45, 7) is 1.08. The molecule has 0 amide bonds. The Labute approximate surface area is 76.0 Å². The highest BCUT2D eigenvalue weighted by molar-refractivity contribution is 5.64. The number of rotatable bonds is 0. The van der Waals surface area contributed by atoms with E-state index in [0.717, 1.165) is 12.5 Å². The third-order valence-corrected chi connectivity index (χ3v) is 1.41. The highest BCUT2D eigenvalue weighted by atomic mass is 16.4. The molecular weight excluding hydrogens is 168 g/mol. The number of hydrogen-bond acceptors (Lipinski definition) is 2. The summed E-state index contributed by atoms with van der Waals surface area (Å²) < 4.78 is 4.95. The number of carbonyl (C=O) groups is 1. The summed E-state index contributed by atoms with van der Waals surface area (Å²) in [5.74, 6) is -0.833. The molecule has 0 aromatic rings. The van der Waals surface area contributed by atoms with Crippen molar-refractivity contribution < 1.29 is 14.3 Å². The van der Waals surface area contributed by atoms with Gasteiger partial charge in [-0.25, -0.2) is 0 Å². The second kappa shape index (κ2) is 4.30. The van der Waals surface area contributed by atoms with Crippen LogP contribution in [-0.4, -0.2) is 11.1 Å². The van der Waals surface area contributed by atoms with Crippen LogP contribution in [0.1, 0.15) is 6.92 Å². The largest absolute Gasteiger partial charge is 0.481 e. The van der Waals surface area contributed by atoms with Crippen molar-refractivity contribution in [2.24, 2.45) is 0 Å².